The number of oxazole rings is 1. The summed E-state index contributed by atoms with van der Waals surface area (Å²) < 4.78 is 34.8. The van der Waals surface area contributed by atoms with Crippen LogP contribution in [0.1, 0.15) is 12.0 Å². The highest BCUT2D eigenvalue weighted by molar-refractivity contribution is 7.90. The van der Waals surface area contributed by atoms with Gasteiger partial charge >= 0.3 is 5.76 Å². The molecule has 154 valence electrons. The molecule has 1 aromatic carbocycles. The molecule has 0 atom stereocenters. The van der Waals surface area contributed by atoms with Crippen molar-refractivity contribution in [2.45, 2.75) is 11.3 Å². The predicted molar refractivity (Wildman–Crippen MR) is 114 cm³/mol. The van der Waals surface area contributed by atoms with Crippen LogP contribution in [-0.4, -0.2) is 47.0 Å². The number of likely N-dealkylation sites (N-methyl/N-ethyl adjacent to an activating group) is 1. The summed E-state index contributed by atoms with van der Waals surface area (Å²) in [6.45, 7) is 1.72. The molecule has 0 fully saturated rings. The van der Waals surface area contributed by atoms with Crippen molar-refractivity contribution < 1.29 is 12.8 Å². The molecule has 0 saturated carbocycles. The van der Waals surface area contributed by atoms with Crippen LogP contribution in [0.5, 0.6) is 0 Å². The van der Waals surface area contributed by atoms with E-state index in [2.05, 4.69) is 23.0 Å². The number of aromatic nitrogens is 3. The van der Waals surface area contributed by atoms with E-state index >= 15 is 0 Å². The van der Waals surface area contributed by atoms with E-state index in [0.717, 1.165) is 30.6 Å². The summed E-state index contributed by atoms with van der Waals surface area (Å²) in [6.07, 6.45) is 6.26. The smallest absolute Gasteiger partial charge is 0.408 e. The summed E-state index contributed by atoms with van der Waals surface area (Å²) in [5.41, 5.74) is 3.86. The average Bonchev–Trinajstić information content (AvgIpc) is 3.27. The summed E-state index contributed by atoms with van der Waals surface area (Å²) in [6, 6.07) is 7.93. The Labute approximate surface area is 172 Å². The fourth-order valence-electron chi connectivity index (χ4n) is 3.87. The highest BCUT2D eigenvalue weighted by Gasteiger charge is 2.25. The molecule has 1 aliphatic heterocycles. The van der Waals surface area contributed by atoms with Crippen LogP contribution in [0.2, 0.25) is 0 Å². The van der Waals surface area contributed by atoms with Crippen LogP contribution in [0, 0.1) is 0 Å². The first-order chi connectivity index (χ1) is 14.4. The molecule has 3 aromatic heterocycles. The topological polar surface area (TPSA) is 90.3 Å². The molecule has 0 saturated heterocycles. The van der Waals surface area contributed by atoms with Gasteiger partial charge in [-0.25, -0.2) is 17.2 Å². The standard InChI is InChI=1S/C21H20N4O4S/c1-23-10-7-14(8-11-23)16-13-25(18-4-3-9-22-20(16)18)30(27,28)15-5-6-17-19(12-15)29-21(26)24(17)2/h3-7,9,12-13H,8,10-11H2,1-2H3. The Kier molecular flexibility index (Phi) is 4.19. The molecule has 0 bridgehead atoms. The normalized spacial score (nSPS) is 15.7. The van der Waals surface area contributed by atoms with Crippen LogP contribution < -0.4 is 5.76 Å². The van der Waals surface area contributed by atoms with Crippen molar-refractivity contribution in [1.29, 1.82) is 0 Å². The van der Waals surface area contributed by atoms with Gasteiger partial charge in [0.1, 0.15) is 0 Å². The zero-order valence-electron chi connectivity index (χ0n) is 16.6. The number of benzene rings is 1. The van der Waals surface area contributed by atoms with Gasteiger partial charge in [0, 0.05) is 44.2 Å². The van der Waals surface area contributed by atoms with E-state index in [1.54, 1.807) is 37.6 Å². The Morgan fingerprint density at radius 1 is 1.13 bits per heavy atom. The van der Waals surface area contributed by atoms with Crippen molar-refractivity contribution in [3.8, 4) is 0 Å². The lowest BCUT2D eigenvalue weighted by Crippen LogP contribution is -2.23. The van der Waals surface area contributed by atoms with Crippen LogP contribution in [0.3, 0.4) is 0 Å². The van der Waals surface area contributed by atoms with Gasteiger partial charge in [-0.2, -0.15) is 0 Å². The van der Waals surface area contributed by atoms with E-state index < -0.39 is 15.8 Å². The van der Waals surface area contributed by atoms with Crippen LogP contribution in [0.25, 0.3) is 27.7 Å². The summed E-state index contributed by atoms with van der Waals surface area (Å²) >= 11 is 0. The third kappa shape index (κ3) is 2.81. The van der Waals surface area contributed by atoms with E-state index in [1.807, 2.05) is 0 Å². The van der Waals surface area contributed by atoms with E-state index in [9.17, 15) is 13.2 Å². The molecule has 0 unspecified atom stereocenters. The number of pyridine rings is 1. The second-order valence-corrected chi connectivity index (χ2v) is 9.33. The molecule has 4 heterocycles. The molecule has 0 aliphatic carbocycles. The quantitative estimate of drug-likeness (QED) is 0.502. The molecule has 4 aromatic rings. The van der Waals surface area contributed by atoms with Crippen LogP contribution in [0.4, 0.5) is 0 Å². The van der Waals surface area contributed by atoms with Crippen molar-refractivity contribution in [2.75, 3.05) is 20.1 Å². The second-order valence-electron chi connectivity index (χ2n) is 7.51. The molecular weight excluding hydrogens is 404 g/mol. The van der Waals surface area contributed by atoms with Gasteiger partial charge in [0.15, 0.2) is 5.58 Å². The summed E-state index contributed by atoms with van der Waals surface area (Å²) in [5.74, 6) is -0.536. The fraction of sp³-hybridized carbons (Fsp3) is 0.238. The molecule has 8 nitrogen and oxygen atoms in total. The maximum Gasteiger partial charge on any atom is 0.419 e. The Morgan fingerprint density at radius 2 is 1.97 bits per heavy atom. The molecular formula is C21H20N4O4S. The van der Waals surface area contributed by atoms with Crippen LogP contribution >= 0.6 is 0 Å². The Balaban J connectivity index is 1.70. The Bertz CT molecular complexity index is 1490. The molecule has 0 spiro atoms. The summed E-state index contributed by atoms with van der Waals surface area (Å²) in [4.78, 5) is 18.5. The third-order valence-corrected chi connectivity index (χ3v) is 7.27. The zero-order valence-corrected chi connectivity index (χ0v) is 17.4. The minimum Gasteiger partial charge on any atom is -0.408 e. The maximum absolute atomic E-state index is 13.5. The number of rotatable bonds is 3. The first-order valence-corrected chi connectivity index (χ1v) is 11.0. The minimum absolute atomic E-state index is 0.0500. The lowest BCUT2D eigenvalue weighted by molar-refractivity contribution is 0.370. The Morgan fingerprint density at radius 3 is 2.73 bits per heavy atom. The van der Waals surface area contributed by atoms with E-state index in [4.69, 9.17) is 4.42 Å². The predicted octanol–water partition coefficient (Wildman–Crippen LogP) is 2.44. The number of hydrogen-bond donors (Lipinski definition) is 0. The van der Waals surface area contributed by atoms with Gasteiger partial charge in [-0.05, 0) is 43.3 Å². The fourth-order valence-corrected chi connectivity index (χ4v) is 5.24. The highest BCUT2D eigenvalue weighted by atomic mass is 32.2. The maximum atomic E-state index is 13.5. The minimum atomic E-state index is -3.92. The molecule has 0 radical (unpaired) electrons. The molecule has 30 heavy (non-hydrogen) atoms. The lowest BCUT2D eigenvalue weighted by Gasteiger charge is -2.21. The van der Waals surface area contributed by atoms with Crippen molar-refractivity contribution in [1.82, 2.24) is 18.4 Å². The molecule has 0 N–H and O–H groups in total. The lowest BCUT2D eigenvalue weighted by atomic mass is 10.0. The van der Waals surface area contributed by atoms with Crippen molar-refractivity contribution in [3.05, 3.63) is 64.9 Å². The van der Waals surface area contributed by atoms with Crippen molar-refractivity contribution >= 4 is 37.7 Å². The molecule has 1 aliphatic rings. The van der Waals surface area contributed by atoms with Crippen molar-refractivity contribution in [3.63, 3.8) is 0 Å². The second kappa shape index (κ2) is 6.68. The van der Waals surface area contributed by atoms with E-state index in [1.165, 1.54) is 20.7 Å². The number of nitrogens with zero attached hydrogens (tertiary/aromatic N) is 4. The van der Waals surface area contributed by atoms with Gasteiger partial charge in [0.25, 0.3) is 10.0 Å². The number of hydrogen-bond acceptors (Lipinski definition) is 6. The van der Waals surface area contributed by atoms with E-state index in [-0.39, 0.29) is 10.5 Å². The first-order valence-electron chi connectivity index (χ1n) is 9.55. The van der Waals surface area contributed by atoms with Gasteiger partial charge < -0.3 is 9.32 Å². The molecule has 5 rings (SSSR count). The van der Waals surface area contributed by atoms with Gasteiger partial charge in [-0.1, -0.05) is 6.08 Å². The molecule has 0 amide bonds. The summed E-state index contributed by atoms with van der Waals surface area (Å²) in [7, 11) is -0.290. The zero-order chi connectivity index (χ0) is 21.0. The number of fused-ring (bicyclic) bond motifs is 2. The third-order valence-electron chi connectivity index (χ3n) is 5.60. The first kappa shape index (κ1) is 18.8. The highest BCUT2D eigenvalue weighted by Crippen LogP contribution is 2.32. The average molecular weight is 424 g/mol. The van der Waals surface area contributed by atoms with Gasteiger partial charge in [-0.15, -0.1) is 0 Å². The number of aryl methyl sites for hydroxylation is 1. The monoisotopic (exact) mass is 424 g/mol. The van der Waals surface area contributed by atoms with Gasteiger partial charge in [0.05, 0.1) is 21.4 Å². The van der Waals surface area contributed by atoms with Crippen LogP contribution in [0.15, 0.2) is 62.9 Å². The van der Waals surface area contributed by atoms with Gasteiger partial charge in [-0.3, -0.25) is 9.55 Å². The van der Waals surface area contributed by atoms with E-state index in [0.29, 0.717) is 16.6 Å². The van der Waals surface area contributed by atoms with Gasteiger partial charge in [0.2, 0.25) is 0 Å². The Hall–Kier alpha value is -3.17. The largest absolute Gasteiger partial charge is 0.419 e. The molecule has 9 heteroatoms. The van der Waals surface area contributed by atoms with Crippen LogP contribution in [-0.2, 0) is 17.1 Å². The van der Waals surface area contributed by atoms with Crippen molar-refractivity contribution in [2.24, 2.45) is 7.05 Å². The SMILES string of the molecule is CN1CC=C(c2cn(S(=O)(=O)c3ccc4c(c3)oc(=O)n4C)c3cccnc23)CC1. The summed E-state index contributed by atoms with van der Waals surface area (Å²) in [5, 5.41) is 0.